The van der Waals surface area contributed by atoms with Crippen LogP contribution >= 0.6 is 11.8 Å². The molecular formula is C19H30N2O2S. The fraction of sp³-hybridized carbons (Fsp3) is 0.632. The van der Waals surface area contributed by atoms with Crippen LogP contribution in [0.2, 0.25) is 0 Å². The lowest BCUT2D eigenvalue weighted by atomic mass is 9.86. The van der Waals surface area contributed by atoms with Crippen molar-refractivity contribution in [1.82, 2.24) is 10.6 Å². The van der Waals surface area contributed by atoms with Crippen molar-refractivity contribution in [3.8, 4) is 5.75 Å². The second kappa shape index (κ2) is 9.33. The quantitative estimate of drug-likeness (QED) is 0.557. The van der Waals surface area contributed by atoms with Crippen LogP contribution in [0.1, 0.15) is 39.5 Å². The van der Waals surface area contributed by atoms with E-state index in [9.17, 15) is 4.79 Å². The zero-order valence-corrected chi connectivity index (χ0v) is 15.9. The minimum atomic E-state index is -0.350. The van der Waals surface area contributed by atoms with Gasteiger partial charge in [0.2, 0.25) is 5.91 Å². The first-order valence-electron chi connectivity index (χ1n) is 8.80. The van der Waals surface area contributed by atoms with Gasteiger partial charge >= 0.3 is 0 Å². The molecule has 1 saturated heterocycles. The van der Waals surface area contributed by atoms with Gasteiger partial charge < -0.3 is 15.4 Å². The van der Waals surface area contributed by atoms with Crippen LogP contribution in [0.3, 0.4) is 0 Å². The lowest BCUT2D eigenvalue weighted by Crippen LogP contribution is -2.47. The maximum atomic E-state index is 12.5. The lowest BCUT2D eigenvalue weighted by molar-refractivity contribution is -0.130. The SMILES string of the molecule is CSc1ccc(OCCCC(C)(C)C(=O)NC2CCNCC2)cc1. The molecule has 1 amide bonds. The Morgan fingerprint density at radius 1 is 1.29 bits per heavy atom. The molecule has 0 atom stereocenters. The van der Waals surface area contributed by atoms with Gasteiger partial charge in [0.25, 0.3) is 0 Å². The Morgan fingerprint density at radius 2 is 1.96 bits per heavy atom. The highest BCUT2D eigenvalue weighted by molar-refractivity contribution is 7.98. The minimum absolute atomic E-state index is 0.165. The number of ether oxygens (including phenoxy) is 1. The molecule has 1 heterocycles. The van der Waals surface area contributed by atoms with Crippen molar-refractivity contribution in [2.45, 2.75) is 50.5 Å². The molecule has 1 aliphatic heterocycles. The number of carbonyl (C=O) groups is 1. The van der Waals surface area contributed by atoms with E-state index in [1.807, 2.05) is 26.0 Å². The smallest absolute Gasteiger partial charge is 0.225 e. The van der Waals surface area contributed by atoms with Gasteiger partial charge in [0.15, 0.2) is 0 Å². The molecule has 0 aromatic heterocycles. The minimum Gasteiger partial charge on any atom is -0.494 e. The van der Waals surface area contributed by atoms with E-state index >= 15 is 0 Å². The van der Waals surface area contributed by atoms with Gasteiger partial charge in [0, 0.05) is 16.4 Å². The highest BCUT2D eigenvalue weighted by Crippen LogP contribution is 2.24. The van der Waals surface area contributed by atoms with Crippen molar-refractivity contribution in [3.63, 3.8) is 0 Å². The number of carbonyl (C=O) groups excluding carboxylic acids is 1. The van der Waals surface area contributed by atoms with Gasteiger partial charge in [-0.1, -0.05) is 13.8 Å². The maximum Gasteiger partial charge on any atom is 0.225 e. The Balaban J connectivity index is 1.69. The zero-order valence-electron chi connectivity index (χ0n) is 15.1. The summed E-state index contributed by atoms with van der Waals surface area (Å²) in [4.78, 5) is 13.7. The first-order chi connectivity index (χ1) is 11.5. The van der Waals surface area contributed by atoms with Gasteiger partial charge in [-0.3, -0.25) is 4.79 Å². The van der Waals surface area contributed by atoms with E-state index in [1.54, 1.807) is 11.8 Å². The van der Waals surface area contributed by atoms with Crippen LogP contribution in [0, 0.1) is 5.41 Å². The third kappa shape index (κ3) is 6.02. The Bertz CT molecular complexity index is 511. The number of amides is 1. The number of benzene rings is 1. The van der Waals surface area contributed by atoms with E-state index in [1.165, 1.54) is 4.90 Å². The molecule has 134 valence electrons. The summed E-state index contributed by atoms with van der Waals surface area (Å²) >= 11 is 1.72. The van der Waals surface area contributed by atoms with Crippen molar-refractivity contribution in [2.75, 3.05) is 26.0 Å². The van der Waals surface area contributed by atoms with E-state index in [2.05, 4.69) is 29.0 Å². The zero-order chi connectivity index (χ0) is 17.4. The standard InChI is InChI=1S/C19H30N2O2S/c1-19(2,18(22)21-15-9-12-20-13-10-15)11-4-14-23-16-5-7-17(24-3)8-6-16/h5-8,15,20H,4,9-14H2,1-3H3,(H,21,22). The van der Waals surface area contributed by atoms with E-state index in [-0.39, 0.29) is 11.3 Å². The van der Waals surface area contributed by atoms with E-state index in [4.69, 9.17) is 4.74 Å². The molecular weight excluding hydrogens is 320 g/mol. The first kappa shape index (κ1) is 19.1. The van der Waals surface area contributed by atoms with Crippen LogP contribution in [-0.4, -0.2) is 37.9 Å². The van der Waals surface area contributed by atoms with E-state index < -0.39 is 0 Å². The van der Waals surface area contributed by atoms with Crippen molar-refractivity contribution in [2.24, 2.45) is 5.41 Å². The number of hydrogen-bond acceptors (Lipinski definition) is 4. The van der Waals surface area contributed by atoms with Gasteiger partial charge in [0.05, 0.1) is 6.61 Å². The Hall–Kier alpha value is -1.20. The van der Waals surface area contributed by atoms with Gasteiger partial charge in [0.1, 0.15) is 5.75 Å². The third-order valence-corrected chi connectivity index (χ3v) is 5.31. The molecule has 1 aromatic rings. The fourth-order valence-corrected chi connectivity index (χ4v) is 3.24. The molecule has 4 nitrogen and oxygen atoms in total. The number of hydrogen-bond donors (Lipinski definition) is 2. The van der Waals surface area contributed by atoms with Crippen molar-refractivity contribution >= 4 is 17.7 Å². The normalized spacial score (nSPS) is 16.0. The number of thioether (sulfide) groups is 1. The Morgan fingerprint density at radius 3 is 2.58 bits per heavy atom. The molecule has 1 fully saturated rings. The molecule has 0 aliphatic carbocycles. The van der Waals surface area contributed by atoms with Gasteiger partial charge in [-0.15, -0.1) is 11.8 Å². The second-order valence-corrected chi connectivity index (χ2v) is 7.89. The molecule has 2 rings (SSSR count). The summed E-state index contributed by atoms with van der Waals surface area (Å²) < 4.78 is 5.78. The van der Waals surface area contributed by atoms with Crippen LogP contribution in [0.25, 0.3) is 0 Å². The van der Waals surface area contributed by atoms with Crippen molar-refractivity contribution in [3.05, 3.63) is 24.3 Å². The average Bonchev–Trinajstić information content (AvgIpc) is 2.60. The van der Waals surface area contributed by atoms with Gasteiger partial charge in [-0.2, -0.15) is 0 Å². The summed E-state index contributed by atoms with van der Waals surface area (Å²) in [5.41, 5.74) is -0.350. The first-order valence-corrected chi connectivity index (χ1v) is 10.0. The summed E-state index contributed by atoms with van der Waals surface area (Å²) in [5, 5.41) is 6.53. The van der Waals surface area contributed by atoms with E-state index in [0.29, 0.717) is 12.6 Å². The van der Waals surface area contributed by atoms with Crippen LogP contribution in [0.15, 0.2) is 29.2 Å². The average molecular weight is 351 g/mol. The summed E-state index contributed by atoms with van der Waals surface area (Å²) in [7, 11) is 0. The van der Waals surface area contributed by atoms with Crippen LogP contribution < -0.4 is 15.4 Å². The molecule has 1 aromatic carbocycles. The maximum absolute atomic E-state index is 12.5. The Kier molecular flexibility index (Phi) is 7.43. The van der Waals surface area contributed by atoms with Crippen LogP contribution in [-0.2, 0) is 4.79 Å². The molecule has 0 radical (unpaired) electrons. The third-order valence-electron chi connectivity index (χ3n) is 4.56. The molecule has 24 heavy (non-hydrogen) atoms. The summed E-state index contributed by atoms with van der Waals surface area (Å²) in [6, 6.07) is 8.46. The van der Waals surface area contributed by atoms with Gasteiger partial charge in [-0.05, 0) is 69.3 Å². The molecule has 0 unspecified atom stereocenters. The largest absolute Gasteiger partial charge is 0.494 e. The Labute approximate surface area is 150 Å². The number of rotatable bonds is 8. The second-order valence-electron chi connectivity index (χ2n) is 7.01. The highest BCUT2D eigenvalue weighted by atomic mass is 32.2. The van der Waals surface area contributed by atoms with Crippen molar-refractivity contribution < 1.29 is 9.53 Å². The molecule has 5 heteroatoms. The van der Waals surface area contributed by atoms with Crippen molar-refractivity contribution in [1.29, 1.82) is 0 Å². The summed E-state index contributed by atoms with van der Waals surface area (Å²) in [6.07, 6.45) is 5.81. The van der Waals surface area contributed by atoms with Crippen LogP contribution in [0.5, 0.6) is 5.75 Å². The molecule has 0 bridgehead atoms. The number of piperidine rings is 1. The van der Waals surface area contributed by atoms with Crippen LogP contribution in [0.4, 0.5) is 0 Å². The summed E-state index contributed by atoms with van der Waals surface area (Å²) in [6.45, 7) is 6.68. The highest BCUT2D eigenvalue weighted by Gasteiger charge is 2.29. The molecule has 2 N–H and O–H groups in total. The van der Waals surface area contributed by atoms with E-state index in [0.717, 1.165) is 44.5 Å². The number of nitrogens with one attached hydrogen (secondary N) is 2. The fourth-order valence-electron chi connectivity index (χ4n) is 2.84. The molecule has 1 aliphatic rings. The van der Waals surface area contributed by atoms with Gasteiger partial charge in [-0.25, -0.2) is 0 Å². The predicted octanol–water partition coefficient (Wildman–Crippen LogP) is 3.46. The lowest BCUT2D eigenvalue weighted by Gasteiger charge is -2.29. The molecule has 0 saturated carbocycles. The summed E-state index contributed by atoms with van der Waals surface area (Å²) in [5.74, 6) is 1.06. The topological polar surface area (TPSA) is 50.4 Å². The monoisotopic (exact) mass is 350 g/mol. The molecule has 0 spiro atoms. The predicted molar refractivity (Wildman–Crippen MR) is 101 cm³/mol.